The normalized spacial score (nSPS) is 22.1. The molecule has 1 saturated heterocycles. The zero-order valence-corrected chi connectivity index (χ0v) is 10.7. The quantitative estimate of drug-likeness (QED) is 0.878. The Bertz CT molecular complexity index is 515. The van der Waals surface area contributed by atoms with Crippen molar-refractivity contribution in [2.24, 2.45) is 5.92 Å². The third-order valence-corrected chi connectivity index (χ3v) is 3.68. The summed E-state index contributed by atoms with van der Waals surface area (Å²) >= 11 is 0. The van der Waals surface area contributed by atoms with Crippen LogP contribution in [0.1, 0.15) is 24.8 Å². The van der Waals surface area contributed by atoms with Crippen LogP contribution in [0.4, 0.5) is 5.82 Å². The number of hydrogen-bond acceptors (Lipinski definition) is 4. The number of aromatic nitrogens is 1. The largest absolute Gasteiger partial charge is 0.356 e. The van der Waals surface area contributed by atoms with Crippen LogP contribution >= 0.6 is 0 Å². The van der Waals surface area contributed by atoms with E-state index in [1.807, 2.05) is 6.07 Å². The first-order valence-corrected chi connectivity index (χ1v) is 6.68. The van der Waals surface area contributed by atoms with E-state index in [4.69, 9.17) is 5.26 Å². The smallest absolute Gasteiger partial charge is 0.225 e. The van der Waals surface area contributed by atoms with Crippen molar-refractivity contribution in [3.63, 3.8) is 0 Å². The number of carbonyl (C=O) groups excluding carboxylic acids is 1. The predicted octanol–water partition coefficient (Wildman–Crippen LogP) is 1.06. The van der Waals surface area contributed by atoms with Gasteiger partial charge in [-0.2, -0.15) is 5.26 Å². The van der Waals surface area contributed by atoms with Crippen LogP contribution in [0.15, 0.2) is 18.3 Å². The van der Waals surface area contributed by atoms with Crippen molar-refractivity contribution in [1.29, 1.82) is 5.26 Å². The molecule has 2 aliphatic rings. The predicted molar refractivity (Wildman–Crippen MR) is 70.4 cm³/mol. The molecular formula is C14H16N4O. The summed E-state index contributed by atoms with van der Waals surface area (Å²) in [6, 6.07) is 6.09. The van der Waals surface area contributed by atoms with Gasteiger partial charge in [-0.15, -0.1) is 0 Å². The number of rotatable bonds is 3. The van der Waals surface area contributed by atoms with E-state index in [0.717, 1.165) is 38.2 Å². The Hall–Kier alpha value is -2.09. The van der Waals surface area contributed by atoms with Crippen LogP contribution in [-0.2, 0) is 4.79 Å². The third-order valence-electron chi connectivity index (χ3n) is 3.68. The van der Waals surface area contributed by atoms with Crippen molar-refractivity contribution < 1.29 is 4.79 Å². The first-order chi connectivity index (χ1) is 9.26. The van der Waals surface area contributed by atoms with Gasteiger partial charge in [0, 0.05) is 25.3 Å². The van der Waals surface area contributed by atoms with Crippen LogP contribution in [0, 0.1) is 17.2 Å². The number of nitriles is 1. The maximum absolute atomic E-state index is 12.0. The van der Waals surface area contributed by atoms with E-state index in [-0.39, 0.29) is 11.8 Å². The van der Waals surface area contributed by atoms with Gasteiger partial charge < -0.3 is 10.2 Å². The fourth-order valence-electron chi connectivity index (χ4n) is 2.37. The second kappa shape index (κ2) is 4.88. The molecule has 1 atom stereocenters. The molecular weight excluding hydrogens is 240 g/mol. The summed E-state index contributed by atoms with van der Waals surface area (Å²) in [5.41, 5.74) is 0.561. The Kier molecular flexibility index (Phi) is 3.08. The van der Waals surface area contributed by atoms with Crippen LogP contribution in [0.2, 0.25) is 0 Å². The van der Waals surface area contributed by atoms with Crippen molar-refractivity contribution in [3.05, 3.63) is 23.9 Å². The fraction of sp³-hybridized carbons (Fsp3) is 0.500. The average Bonchev–Trinajstić information content (AvgIpc) is 3.11. The van der Waals surface area contributed by atoms with Gasteiger partial charge in [-0.3, -0.25) is 4.79 Å². The zero-order valence-electron chi connectivity index (χ0n) is 10.7. The van der Waals surface area contributed by atoms with E-state index in [1.165, 1.54) is 0 Å². The summed E-state index contributed by atoms with van der Waals surface area (Å²) in [6.07, 6.45) is 4.70. The molecule has 1 aliphatic heterocycles. The SMILES string of the molecule is N#Cc1ccc(N2CCC(C(=O)NC3CC3)C2)nc1. The number of pyridine rings is 1. The van der Waals surface area contributed by atoms with E-state index >= 15 is 0 Å². The topological polar surface area (TPSA) is 69.0 Å². The first-order valence-electron chi connectivity index (χ1n) is 6.68. The second-order valence-corrected chi connectivity index (χ2v) is 5.23. The number of amides is 1. The van der Waals surface area contributed by atoms with Gasteiger partial charge in [0.2, 0.25) is 5.91 Å². The Morgan fingerprint density at radius 1 is 1.42 bits per heavy atom. The summed E-state index contributed by atoms with van der Waals surface area (Å²) in [4.78, 5) is 18.4. The van der Waals surface area contributed by atoms with Crippen molar-refractivity contribution >= 4 is 11.7 Å². The Balaban J connectivity index is 1.61. The molecule has 2 heterocycles. The first kappa shape index (κ1) is 12.0. The molecule has 1 saturated carbocycles. The van der Waals surface area contributed by atoms with Gasteiger partial charge in [0.1, 0.15) is 11.9 Å². The summed E-state index contributed by atoms with van der Waals surface area (Å²) in [6.45, 7) is 1.57. The van der Waals surface area contributed by atoms with Crippen LogP contribution in [-0.4, -0.2) is 30.0 Å². The monoisotopic (exact) mass is 256 g/mol. The van der Waals surface area contributed by atoms with Crippen molar-refractivity contribution in [3.8, 4) is 6.07 Å². The van der Waals surface area contributed by atoms with Crippen molar-refractivity contribution in [2.75, 3.05) is 18.0 Å². The molecule has 1 aromatic heterocycles. The number of nitrogens with one attached hydrogen (secondary N) is 1. The van der Waals surface area contributed by atoms with E-state index in [9.17, 15) is 4.79 Å². The molecule has 0 aromatic carbocycles. The highest BCUT2D eigenvalue weighted by Gasteiger charge is 2.32. The molecule has 1 aromatic rings. The van der Waals surface area contributed by atoms with Crippen LogP contribution in [0.5, 0.6) is 0 Å². The lowest BCUT2D eigenvalue weighted by Gasteiger charge is -2.17. The third kappa shape index (κ3) is 2.68. The highest BCUT2D eigenvalue weighted by molar-refractivity contribution is 5.80. The molecule has 1 N–H and O–H groups in total. The Morgan fingerprint density at radius 2 is 2.26 bits per heavy atom. The second-order valence-electron chi connectivity index (χ2n) is 5.23. The van der Waals surface area contributed by atoms with Crippen LogP contribution < -0.4 is 10.2 Å². The zero-order chi connectivity index (χ0) is 13.2. The molecule has 0 spiro atoms. The molecule has 5 nitrogen and oxygen atoms in total. The number of nitrogens with zero attached hydrogens (tertiary/aromatic N) is 3. The summed E-state index contributed by atoms with van der Waals surface area (Å²) in [5, 5.41) is 11.8. The van der Waals surface area contributed by atoms with E-state index in [2.05, 4.69) is 21.3 Å². The fourth-order valence-corrected chi connectivity index (χ4v) is 2.37. The lowest BCUT2D eigenvalue weighted by Crippen LogP contribution is -2.34. The highest BCUT2D eigenvalue weighted by atomic mass is 16.2. The van der Waals surface area contributed by atoms with Crippen LogP contribution in [0.25, 0.3) is 0 Å². The molecule has 19 heavy (non-hydrogen) atoms. The summed E-state index contributed by atoms with van der Waals surface area (Å²) < 4.78 is 0. The maximum atomic E-state index is 12.0. The molecule has 0 bridgehead atoms. The molecule has 5 heteroatoms. The van der Waals surface area contributed by atoms with Gasteiger partial charge in [0.15, 0.2) is 0 Å². The van der Waals surface area contributed by atoms with E-state index < -0.39 is 0 Å². The number of anilines is 1. The standard InChI is InChI=1S/C14H16N4O/c15-7-10-1-4-13(16-8-10)18-6-5-11(9-18)14(19)17-12-2-3-12/h1,4,8,11-12H,2-3,5-6,9H2,(H,17,19). The molecule has 1 unspecified atom stereocenters. The maximum Gasteiger partial charge on any atom is 0.225 e. The van der Waals surface area contributed by atoms with Gasteiger partial charge in [-0.1, -0.05) is 0 Å². The van der Waals surface area contributed by atoms with Crippen molar-refractivity contribution in [2.45, 2.75) is 25.3 Å². The van der Waals surface area contributed by atoms with Gasteiger partial charge in [0.25, 0.3) is 0 Å². The Morgan fingerprint density at radius 3 is 2.89 bits per heavy atom. The number of hydrogen-bond donors (Lipinski definition) is 1. The Labute approximate surface area is 112 Å². The highest BCUT2D eigenvalue weighted by Crippen LogP contribution is 2.24. The van der Waals surface area contributed by atoms with Gasteiger partial charge >= 0.3 is 0 Å². The van der Waals surface area contributed by atoms with E-state index in [1.54, 1.807) is 12.3 Å². The minimum atomic E-state index is 0.0676. The average molecular weight is 256 g/mol. The molecule has 3 rings (SSSR count). The molecule has 0 radical (unpaired) electrons. The molecule has 2 fully saturated rings. The van der Waals surface area contributed by atoms with Crippen molar-refractivity contribution in [1.82, 2.24) is 10.3 Å². The van der Waals surface area contributed by atoms with E-state index in [0.29, 0.717) is 11.6 Å². The van der Waals surface area contributed by atoms with Crippen LogP contribution in [0.3, 0.4) is 0 Å². The number of carbonyl (C=O) groups is 1. The lowest BCUT2D eigenvalue weighted by atomic mass is 10.1. The summed E-state index contributed by atoms with van der Waals surface area (Å²) in [5.74, 6) is 1.09. The summed E-state index contributed by atoms with van der Waals surface area (Å²) in [7, 11) is 0. The minimum absolute atomic E-state index is 0.0676. The lowest BCUT2D eigenvalue weighted by molar-refractivity contribution is -0.124. The van der Waals surface area contributed by atoms with Gasteiger partial charge in [-0.05, 0) is 31.4 Å². The van der Waals surface area contributed by atoms with Gasteiger partial charge in [0.05, 0.1) is 11.5 Å². The molecule has 98 valence electrons. The minimum Gasteiger partial charge on any atom is -0.356 e. The molecule has 1 amide bonds. The van der Waals surface area contributed by atoms with Gasteiger partial charge in [-0.25, -0.2) is 4.98 Å². The molecule has 1 aliphatic carbocycles.